The van der Waals surface area contributed by atoms with E-state index in [-0.39, 0.29) is 5.75 Å². The van der Waals surface area contributed by atoms with Gasteiger partial charge in [-0.2, -0.15) is 4.98 Å². The van der Waals surface area contributed by atoms with Gasteiger partial charge in [-0.15, -0.1) is 0 Å². The first kappa shape index (κ1) is 16.7. The van der Waals surface area contributed by atoms with E-state index in [2.05, 4.69) is 10.1 Å². The highest BCUT2D eigenvalue weighted by molar-refractivity contribution is 7.90. The topological polar surface area (TPSA) is 88.0 Å². The quantitative estimate of drug-likeness (QED) is 0.667. The Bertz CT molecular complexity index is 759. The van der Waals surface area contributed by atoms with Crippen molar-refractivity contribution in [3.05, 3.63) is 77.4 Å². The van der Waals surface area contributed by atoms with Crippen LogP contribution in [-0.2, 0) is 29.8 Å². The Hall–Kier alpha value is -2.15. The van der Waals surface area contributed by atoms with Gasteiger partial charge >= 0.3 is 0 Å². The van der Waals surface area contributed by atoms with Crippen LogP contribution in [0.5, 0.6) is 0 Å². The van der Waals surface area contributed by atoms with Gasteiger partial charge in [0.2, 0.25) is 11.7 Å². The number of hydrogen-bond donors (Lipinski definition) is 1. The van der Waals surface area contributed by atoms with Crippen molar-refractivity contribution in [3.63, 3.8) is 0 Å². The zero-order chi connectivity index (χ0) is 16.8. The molecule has 1 heterocycles. The first-order chi connectivity index (χ1) is 11.7. The SMILES string of the molecule is NCCc1ccc([S+]([O-])Cc2noc(Cc3ccccc3)n2)cc1. The maximum Gasteiger partial charge on any atom is 0.231 e. The summed E-state index contributed by atoms with van der Waals surface area (Å²) in [6, 6.07) is 17.6. The summed E-state index contributed by atoms with van der Waals surface area (Å²) in [4.78, 5) is 5.09. The monoisotopic (exact) mass is 341 g/mol. The smallest absolute Gasteiger partial charge is 0.231 e. The van der Waals surface area contributed by atoms with Gasteiger partial charge in [-0.05, 0) is 47.4 Å². The molecule has 0 saturated carbocycles. The normalized spacial score (nSPS) is 12.2. The van der Waals surface area contributed by atoms with Crippen molar-refractivity contribution < 1.29 is 9.08 Å². The summed E-state index contributed by atoms with van der Waals surface area (Å²) >= 11 is -1.20. The third-order valence-corrected chi connectivity index (χ3v) is 4.91. The van der Waals surface area contributed by atoms with Gasteiger partial charge in [0.25, 0.3) is 0 Å². The second kappa shape index (κ2) is 8.10. The summed E-state index contributed by atoms with van der Waals surface area (Å²) in [5, 5.41) is 3.93. The molecule has 3 rings (SSSR count). The molecule has 1 aromatic heterocycles. The van der Waals surface area contributed by atoms with Crippen LogP contribution in [0.15, 0.2) is 64.0 Å². The fourth-order valence-corrected chi connectivity index (χ4v) is 3.32. The van der Waals surface area contributed by atoms with Gasteiger partial charge in [0.15, 0.2) is 10.6 Å². The van der Waals surface area contributed by atoms with Gasteiger partial charge in [0.05, 0.1) is 6.42 Å². The molecule has 0 fully saturated rings. The van der Waals surface area contributed by atoms with Crippen LogP contribution in [0.4, 0.5) is 0 Å². The number of benzene rings is 2. The average molecular weight is 341 g/mol. The van der Waals surface area contributed by atoms with Crippen LogP contribution in [-0.4, -0.2) is 21.2 Å². The minimum absolute atomic E-state index is 0.245. The summed E-state index contributed by atoms with van der Waals surface area (Å²) in [6.45, 7) is 0.607. The van der Waals surface area contributed by atoms with E-state index in [1.54, 1.807) is 0 Å². The molecule has 0 amide bonds. The molecular weight excluding hydrogens is 322 g/mol. The van der Waals surface area contributed by atoms with Crippen molar-refractivity contribution in [1.29, 1.82) is 0 Å². The second-order valence-electron chi connectivity index (χ2n) is 5.44. The second-order valence-corrected chi connectivity index (χ2v) is 6.89. The van der Waals surface area contributed by atoms with E-state index in [0.29, 0.717) is 24.7 Å². The van der Waals surface area contributed by atoms with Crippen molar-refractivity contribution in [2.45, 2.75) is 23.5 Å². The van der Waals surface area contributed by atoms with Crippen LogP contribution in [0.25, 0.3) is 0 Å². The van der Waals surface area contributed by atoms with Crippen LogP contribution in [0.2, 0.25) is 0 Å². The average Bonchev–Trinajstić information content (AvgIpc) is 3.03. The zero-order valence-electron chi connectivity index (χ0n) is 13.2. The Morgan fingerprint density at radius 2 is 1.75 bits per heavy atom. The summed E-state index contributed by atoms with van der Waals surface area (Å²) in [7, 11) is 0. The first-order valence-electron chi connectivity index (χ1n) is 7.77. The molecule has 0 aliphatic heterocycles. The number of nitrogens with two attached hydrogens (primary N) is 1. The molecular formula is C18H19N3O2S. The maximum absolute atomic E-state index is 12.4. The fourth-order valence-electron chi connectivity index (χ4n) is 2.37. The van der Waals surface area contributed by atoms with Gasteiger partial charge in [0, 0.05) is 0 Å². The Morgan fingerprint density at radius 1 is 1.00 bits per heavy atom. The van der Waals surface area contributed by atoms with Crippen LogP contribution >= 0.6 is 0 Å². The predicted octanol–water partition coefficient (Wildman–Crippen LogP) is 2.47. The van der Waals surface area contributed by atoms with Crippen LogP contribution in [0.3, 0.4) is 0 Å². The Kier molecular flexibility index (Phi) is 5.63. The van der Waals surface area contributed by atoms with Crippen molar-refractivity contribution in [3.8, 4) is 0 Å². The molecule has 0 radical (unpaired) electrons. The third-order valence-electron chi connectivity index (χ3n) is 3.59. The van der Waals surface area contributed by atoms with Crippen LogP contribution in [0, 0.1) is 0 Å². The molecule has 0 aliphatic rings. The van der Waals surface area contributed by atoms with Crippen molar-refractivity contribution in [2.24, 2.45) is 5.73 Å². The van der Waals surface area contributed by atoms with Crippen LogP contribution < -0.4 is 5.73 Å². The number of nitrogens with zero attached hydrogens (tertiary/aromatic N) is 2. The highest BCUT2D eigenvalue weighted by Crippen LogP contribution is 2.17. The third kappa shape index (κ3) is 4.44. The molecule has 0 bridgehead atoms. The lowest BCUT2D eigenvalue weighted by Gasteiger charge is -2.08. The minimum atomic E-state index is -1.20. The van der Waals surface area contributed by atoms with Crippen LogP contribution in [0.1, 0.15) is 22.8 Å². The van der Waals surface area contributed by atoms with Gasteiger partial charge in [-0.25, -0.2) is 0 Å². The summed E-state index contributed by atoms with van der Waals surface area (Å²) in [6.07, 6.45) is 1.40. The highest BCUT2D eigenvalue weighted by Gasteiger charge is 2.17. The maximum atomic E-state index is 12.4. The summed E-state index contributed by atoms with van der Waals surface area (Å²) < 4.78 is 17.7. The van der Waals surface area contributed by atoms with Gasteiger partial charge in [-0.1, -0.05) is 47.6 Å². The van der Waals surface area contributed by atoms with E-state index in [1.165, 1.54) is 0 Å². The largest absolute Gasteiger partial charge is 0.611 e. The number of aromatic nitrogens is 2. The first-order valence-corrected chi connectivity index (χ1v) is 9.09. The molecule has 0 aliphatic carbocycles. The molecule has 2 N–H and O–H groups in total. The molecule has 124 valence electrons. The Labute approximate surface area is 144 Å². The number of hydrogen-bond acceptors (Lipinski definition) is 5. The Morgan fingerprint density at radius 3 is 2.46 bits per heavy atom. The fraction of sp³-hybridized carbons (Fsp3) is 0.222. The van der Waals surface area contributed by atoms with E-state index in [1.807, 2.05) is 54.6 Å². The zero-order valence-corrected chi connectivity index (χ0v) is 14.0. The predicted molar refractivity (Wildman–Crippen MR) is 92.9 cm³/mol. The molecule has 0 spiro atoms. The standard InChI is InChI=1S/C18H19N3O2S/c19-11-10-14-6-8-16(9-7-14)24(22)13-17-20-18(23-21-17)12-15-4-2-1-3-5-15/h1-9H,10-13,19H2. The molecule has 2 aromatic carbocycles. The lowest BCUT2D eigenvalue weighted by Crippen LogP contribution is -2.07. The summed E-state index contributed by atoms with van der Waals surface area (Å²) in [5.41, 5.74) is 7.77. The van der Waals surface area contributed by atoms with Gasteiger partial charge in [0.1, 0.15) is 0 Å². The molecule has 0 saturated heterocycles. The lowest BCUT2D eigenvalue weighted by atomic mass is 10.1. The molecule has 3 aromatic rings. The molecule has 1 atom stereocenters. The van der Waals surface area contributed by atoms with Crippen molar-refractivity contribution >= 4 is 11.2 Å². The summed E-state index contributed by atoms with van der Waals surface area (Å²) in [5.74, 6) is 1.24. The van der Waals surface area contributed by atoms with Crippen molar-refractivity contribution in [2.75, 3.05) is 6.54 Å². The lowest BCUT2D eigenvalue weighted by molar-refractivity contribution is 0.380. The van der Waals surface area contributed by atoms with E-state index < -0.39 is 11.2 Å². The van der Waals surface area contributed by atoms with E-state index in [4.69, 9.17) is 10.3 Å². The van der Waals surface area contributed by atoms with Gasteiger partial charge in [-0.3, -0.25) is 0 Å². The highest BCUT2D eigenvalue weighted by atomic mass is 32.2. The van der Waals surface area contributed by atoms with E-state index in [9.17, 15) is 4.55 Å². The minimum Gasteiger partial charge on any atom is -0.611 e. The molecule has 1 unspecified atom stereocenters. The van der Waals surface area contributed by atoms with E-state index >= 15 is 0 Å². The number of rotatable bonds is 7. The molecule has 5 nitrogen and oxygen atoms in total. The molecule has 6 heteroatoms. The van der Waals surface area contributed by atoms with E-state index in [0.717, 1.165) is 22.4 Å². The van der Waals surface area contributed by atoms with Gasteiger partial charge < -0.3 is 14.8 Å². The Balaban J connectivity index is 1.61. The molecule has 24 heavy (non-hydrogen) atoms. The van der Waals surface area contributed by atoms with Crippen molar-refractivity contribution in [1.82, 2.24) is 10.1 Å².